The quantitative estimate of drug-likeness (QED) is 0.124. The van der Waals surface area contributed by atoms with Gasteiger partial charge < -0.3 is 21.5 Å². The zero-order valence-corrected chi connectivity index (χ0v) is 18.9. The first-order valence-electron chi connectivity index (χ1n) is 9.14. The van der Waals surface area contributed by atoms with Crippen molar-refractivity contribution in [2.24, 2.45) is 0 Å². The number of hydrazine groups is 1. The molecule has 8 nitrogen and oxygen atoms in total. The van der Waals surface area contributed by atoms with Gasteiger partial charge in [0.05, 0.1) is 11.4 Å². The number of hydrogen-bond donors (Lipinski definition) is 5. The Balaban J connectivity index is 0.000000346. The molecule has 5 N–H and O–H groups in total. The largest absolute Gasteiger partial charge is 0.386 e. The van der Waals surface area contributed by atoms with Crippen molar-refractivity contribution in [3.05, 3.63) is 52.4 Å². The molecule has 10 heteroatoms. The molecule has 0 unspecified atom stereocenters. The molecular weight excluding hydrogens is 425 g/mol. The second-order valence-electron chi connectivity index (χ2n) is 6.33. The summed E-state index contributed by atoms with van der Waals surface area (Å²) in [6, 6.07) is 5.00. The van der Waals surface area contributed by atoms with Gasteiger partial charge in [-0.1, -0.05) is 43.1 Å². The Morgan fingerprint density at radius 2 is 1.83 bits per heavy atom. The molecule has 0 aromatic carbocycles. The molecule has 0 aliphatic heterocycles. The highest BCUT2D eigenvalue weighted by Crippen LogP contribution is 2.29. The van der Waals surface area contributed by atoms with Gasteiger partial charge in [-0.2, -0.15) is 0 Å². The highest BCUT2D eigenvalue weighted by atomic mass is 35.5. The number of halogens is 2. The molecule has 2 aromatic rings. The van der Waals surface area contributed by atoms with Gasteiger partial charge >= 0.3 is 0 Å². The molecule has 0 saturated carbocycles. The zero-order chi connectivity index (χ0) is 22.7. The fourth-order valence-electron chi connectivity index (χ4n) is 2.55. The maximum absolute atomic E-state index is 9.98. The number of nitrogens with one attached hydrogen (secondary N) is 5. The molecule has 30 heavy (non-hydrogen) atoms. The summed E-state index contributed by atoms with van der Waals surface area (Å²) in [4.78, 5) is 18.2. The summed E-state index contributed by atoms with van der Waals surface area (Å²) in [5.41, 5.74) is 9.56. The average molecular weight is 452 g/mol. The minimum Gasteiger partial charge on any atom is -0.386 e. The number of aromatic nitrogens is 2. The molecule has 0 aliphatic rings. The smallest absolute Gasteiger partial charge is 0.211 e. The van der Waals surface area contributed by atoms with Crippen LogP contribution in [0.15, 0.2) is 30.9 Å². The number of rotatable bonds is 9. The topological polar surface area (TPSA) is 115 Å². The molecule has 0 saturated heterocycles. The Hall–Kier alpha value is -2.68. The van der Waals surface area contributed by atoms with Crippen LogP contribution in [0, 0.1) is 5.41 Å². The molecule has 0 radical (unpaired) electrons. The molecule has 162 valence electrons. The summed E-state index contributed by atoms with van der Waals surface area (Å²) in [5.74, 6) is 1.06. The molecule has 0 spiro atoms. The first-order valence-corrected chi connectivity index (χ1v) is 9.90. The number of carbonyl (C=O) groups excluding carboxylic acids is 1. The van der Waals surface area contributed by atoms with Crippen molar-refractivity contribution in [1.82, 2.24) is 15.4 Å². The number of amides is 1. The van der Waals surface area contributed by atoms with Crippen molar-refractivity contribution >= 4 is 52.5 Å². The highest BCUT2D eigenvalue weighted by molar-refractivity contribution is 6.32. The van der Waals surface area contributed by atoms with Crippen LogP contribution in [0.25, 0.3) is 0 Å². The number of nitrogens with zero attached hydrogens (tertiary/aromatic N) is 2. The summed E-state index contributed by atoms with van der Waals surface area (Å²) in [6.07, 6.45) is 2.76. The van der Waals surface area contributed by atoms with Gasteiger partial charge in [0.1, 0.15) is 21.8 Å². The summed E-state index contributed by atoms with van der Waals surface area (Å²) in [7, 11) is 3.65. The van der Waals surface area contributed by atoms with Crippen molar-refractivity contribution in [1.29, 1.82) is 5.41 Å². The Kier molecular flexibility index (Phi) is 10.8. The van der Waals surface area contributed by atoms with E-state index in [9.17, 15) is 4.79 Å². The van der Waals surface area contributed by atoms with E-state index in [1.807, 2.05) is 13.1 Å². The van der Waals surface area contributed by atoms with Crippen LogP contribution in [-0.4, -0.2) is 36.2 Å². The fraction of sp³-hybridized carbons (Fsp3) is 0.300. The predicted molar refractivity (Wildman–Crippen MR) is 126 cm³/mol. The number of allylic oxidation sites excluding steroid dienone is 1. The molecular formula is C20H27Cl2N7O. The van der Waals surface area contributed by atoms with E-state index < -0.39 is 0 Å². The summed E-state index contributed by atoms with van der Waals surface area (Å²) >= 11 is 11.1. The van der Waals surface area contributed by atoms with Crippen LogP contribution in [-0.2, 0) is 4.79 Å². The van der Waals surface area contributed by atoms with E-state index in [1.165, 1.54) is 12.1 Å². The summed E-state index contributed by atoms with van der Waals surface area (Å²) < 4.78 is 0. The lowest BCUT2D eigenvalue weighted by atomic mass is 9.98. The van der Waals surface area contributed by atoms with E-state index in [0.717, 1.165) is 11.3 Å². The minimum atomic E-state index is 0.252. The SMILES string of the molecule is C=CCC(=N)c1nc(NNC)cc(C(C)C)c1NC.O=CNc1cc(Cl)nc(Cl)c1. The first kappa shape index (κ1) is 25.4. The lowest BCUT2D eigenvalue weighted by Gasteiger charge is -2.18. The van der Waals surface area contributed by atoms with E-state index in [-0.39, 0.29) is 10.3 Å². The van der Waals surface area contributed by atoms with Gasteiger partial charge in [0, 0.05) is 26.2 Å². The molecule has 0 fully saturated rings. The molecule has 2 rings (SSSR count). The van der Waals surface area contributed by atoms with Crippen LogP contribution in [0.4, 0.5) is 17.2 Å². The summed E-state index contributed by atoms with van der Waals surface area (Å²) in [6.45, 7) is 7.93. The summed E-state index contributed by atoms with van der Waals surface area (Å²) in [5, 5.41) is 14.2. The van der Waals surface area contributed by atoms with Crippen molar-refractivity contribution in [3.8, 4) is 0 Å². The van der Waals surface area contributed by atoms with Crippen LogP contribution in [0.5, 0.6) is 0 Å². The predicted octanol–water partition coefficient (Wildman–Crippen LogP) is 4.69. The van der Waals surface area contributed by atoms with Crippen LogP contribution in [0.3, 0.4) is 0 Å². The van der Waals surface area contributed by atoms with E-state index in [2.05, 4.69) is 51.9 Å². The van der Waals surface area contributed by atoms with E-state index in [0.29, 0.717) is 41.7 Å². The van der Waals surface area contributed by atoms with Crippen LogP contribution < -0.4 is 21.5 Å². The lowest BCUT2D eigenvalue weighted by molar-refractivity contribution is -0.105. The zero-order valence-electron chi connectivity index (χ0n) is 17.4. The van der Waals surface area contributed by atoms with Crippen LogP contribution >= 0.6 is 23.2 Å². The van der Waals surface area contributed by atoms with Gasteiger partial charge in [0.15, 0.2) is 0 Å². The molecule has 2 aromatic heterocycles. The molecule has 0 aliphatic carbocycles. The standard InChI is InChI=1S/C14H23N5.C6H4Cl2N2O/c1-6-7-11(15)14-13(16-4)10(9(2)3)8-12(18-14)19-17-5;7-5-1-4(9-3-11)2-6(8)10-5/h6,8-9,15-17H,1,7H2,2-5H3,(H,18,19);1-3H,(H,9,10,11). The first-order chi connectivity index (χ1) is 14.3. The van der Waals surface area contributed by atoms with Gasteiger partial charge in [0.2, 0.25) is 6.41 Å². The van der Waals surface area contributed by atoms with Crippen LogP contribution in [0.2, 0.25) is 10.3 Å². The van der Waals surface area contributed by atoms with Gasteiger partial charge in [0.25, 0.3) is 0 Å². The van der Waals surface area contributed by atoms with Gasteiger partial charge in [-0.15, -0.1) is 6.58 Å². The number of carbonyl (C=O) groups is 1. The third-order valence-electron chi connectivity index (χ3n) is 3.80. The lowest BCUT2D eigenvalue weighted by Crippen LogP contribution is -2.19. The van der Waals surface area contributed by atoms with Gasteiger partial charge in [-0.25, -0.2) is 15.4 Å². The Bertz CT molecular complexity index is 867. The highest BCUT2D eigenvalue weighted by Gasteiger charge is 2.16. The molecule has 2 heterocycles. The number of anilines is 3. The monoisotopic (exact) mass is 451 g/mol. The molecule has 0 atom stereocenters. The van der Waals surface area contributed by atoms with Gasteiger partial charge in [-0.05, 0) is 29.7 Å². The second-order valence-corrected chi connectivity index (χ2v) is 7.11. The maximum atomic E-state index is 9.98. The van der Waals surface area contributed by atoms with Crippen molar-refractivity contribution < 1.29 is 4.79 Å². The second kappa shape index (κ2) is 12.8. The van der Waals surface area contributed by atoms with Gasteiger partial charge in [-0.3, -0.25) is 4.79 Å². The van der Waals surface area contributed by atoms with Crippen molar-refractivity contribution in [3.63, 3.8) is 0 Å². The normalized spacial score (nSPS) is 9.97. The number of pyridine rings is 2. The fourth-order valence-corrected chi connectivity index (χ4v) is 3.01. The van der Waals surface area contributed by atoms with E-state index >= 15 is 0 Å². The Morgan fingerprint density at radius 3 is 2.30 bits per heavy atom. The maximum Gasteiger partial charge on any atom is 0.211 e. The minimum absolute atomic E-state index is 0.252. The Morgan fingerprint density at radius 1 is 1.20 bits per heavy atom. The molecule has 0 bridgehead atoms. The van der Waals surface area contributed by atoms with E-state index in [1.54, 1.807) is 13.1 Å². The van der Waals surface area contributed by atoms with Crippen molar-refractivity contribution in [2.75, 3.05) is 30.2 Å². The van der Waals surface area contributed by atoms with E-state index in [4.69, 9.17) is 28.6 Å². The third-order valence-corrected chi connectivity index (χ3v) is 4.19. The average Bonchev–Trinajstić information content (AvgIpc) is 2.67. The molecule has 1 amide bonds. The Labute approximate surface area is 187 Å². The third kappa shape index (κ3) is 7.62. The van der Waals surface area contributed by atoms with Crippen LogP contribution in [0.1, 0.15) is 37.4 Å². The van der Waals surface area contributed by atoms with Crippen molar-refractivity contribution in [2.45, 2.75) is 26.2 Å². The number of hydrogen-bond acceptors (Lipinski definition) is 7.